The van der Waals surface area contributed by atoms with Crippen LogP contribution in [0, 0.1) is 12.7 Å². The van der Waals surface area contributed by atoms with Crippen molar-refractivity contribution in [3.63, 3.8) is 0 Å². The van der Waals surface area contributed by atoms with E-state index in [1.54, 1.807) is 32.2 Å². The van der Waals surface area contributed by atoms with Crippen LogP contribution in [0.3, 0.4) is 0 Å². The van der Waals surface area contributed by atoms with Crippen LogP contribution in [0.25, 0.3) is 0 Å². The van der Waals surface area contributed by atoms with Crippen molar-refractivity contribution >= 4 is 21.6 Å². The third-order valence-corrected chi connectivity index (χ3v) is 7.75. The molecule has 7 nitrogen and oxygen atoms in total. The summed E-state index contributed by atoms with van der Waals surface area (Å²) >= 11 is 0. The molecule has 1 atom stereocenters. The molecule has 0 radical (unpaired) electrons. The second-order valence-corrected chi connectivity index (χ2v) is 10.5. The van der Waals surface area contributed by atoms with Crippen molar-refractivity contribution in [2.24, 2.45) is 0 Å². The first kappa shape index (κ1) is 25.7. The minimum atomic E-state index is -4.01. The summed E-state index contributed by atoms with van der Waals surface area (Å²) in [5.74, 6) is -0.138. The fraction of sp³-hybridized carbons (Fsp3) is 0.296. The molecule has 4 rings (SSSR count). The summed E-state index contributed by atoms with van der Waals surface area (Å²) in [7, 11) is -2.39. The summed E-state index contributed by atoms with van der Waals surface area (Å²) in [6.45, 7) is 3.89. The van der Waals surface area contributed by atoms with Gasteiger partial charge in [0.2, 0.25) is 0 Å². The number of nitrogens with zero attached hydrogens (tertiary/aromatic N) is 1. The molecule has 1 saturated heterocycles. The quantitative estimate of drug-likeness (QED) is 0.441. The van der Waals surface area contributed by atoms with Gasteiger partial charge in [0, 0.05) is 17.8 Å². The van der Waals surface area contributed by atoms with Crippen LogP contribution in [0.15, 0.2) is 71.6 Å². The van der Waals surface area contributed by atoms with Crippen molar-refractivity contribution in [2.75, 3.05) is 31.5 Å². The van der Waals surface area contributed by atoms with Gasteiger partial charge in [0.05, 0.1) is 18.0 Å². The second kappa shape index (κ2) is 11.1. The van der Waals surface area contributed by atoms with Crippen LogP contribution < -0.4 is 14.8 Å². The van der Waals surface area contributed by atoms with Crippen LogP contribution in [0.4, 0.5) is 10.1 Å². The van der Waals surface area contributed by atoms with Crippen LogP contribution in [-0.2, 0) is 10.0 Å². The van der Waals surface area contributed by atoms with Gasteiger partial charge >= 0.3 is 0 Å². The SMILES string of the molecule is COc1ccc([C@@H](CNC(=O)c2cccc(NS(=O)(=O)c3ccc(C)c(F)c3)c2)N2CCCC2)cc1. The summed E-state index contributed by atoms with van der Waals surface area (Å²) < 4.78 is 47.0. The van der Waals surface area contributed by atoms with Gasteiger partial charge < -0.3 is 10.1 Å². The molecular weight excluding hydrogens is 481 g/mol. The number of rotatable bonds is 9. The van der Waals surface area contributed by atoms with E-state index in [2.05, 4.69) is 14.9 Å². The molecule has 0 spiro atoms. The maximum Gasteiger partial charge on any atom is 0.261 e. The fourth-order valence-corrected chi connectivity index (χ4v) is 5.37. The predicted molar refractivity (Wildman–Crippen MR) is 137 cm³/mol. The summed E-state index contributed by atoms with van der Waals surface area (Å²) in [4.78, 5) is 15.2. The van der Waals surface area contributed by atoms with Crippen LogP contribution in [-0.4, -0.2) is 46.0 Å². The number of hydrogen-bond donors (Lipinski definition) is 2. The average Bonchev–Trinajstić information content (AvgIpc) is 3.40. The van der Waals surface area contributed by atoms with Gasteiger partial charge in [-0.15, -0.1) is 0 Å². The predicted octanol–water partition coefficient (Wildman–Crippen LogP) is 4.51. The lowest BCUT2D eigenvalue weighted by Gasteiger charge is -2.28. The van der Waals surface area contributed by atoms with Gasteiger partial charge in [-0.2, -0.15) is 0 Å². The van der Waals surface area contributed by atoms with Crippen molar-refractivity contribution in [1.29, 1.82) is 0 Å². The Kier molecular flexibility index (Phi) is 7.91. The first-order chi connectivity index (χ1) is 17.3. The first-order valence-electron chi connectivity index (χ1n) is 11.8. The number of anilines is 1. The highest BCUT2D eigenvalue weighted by Gasteiger charge is 2.24. The van der Waals surface area contributed by atoms with Crippen LogP contribution >= 0.6 is 0 Å². The van der Waals surface area contributed by atoms with Gasteiger partial charge in [0.1, 0.15) is 11.6 Å². The Balaban J connectivity index is 1.46. The largest absolute Gasteiger partial charge is 0.497 e. The molecule has 2 N–H and O–H groups in total. The van der Waals surface area contributed by atoms with E-state index in [-0.39, 0.29) is 22.5 Å². The second-order valence-electron chi connectivity index (χ2n) is 8.84. The summed E-state index contributed by atoms with van der Waals surface area (Å²) in [6.07, 6.45) is 2.24. The number of benzene rings is 3. The monoisotopic (exact) mass is 511 g/mol. The number of carbonyl (C=O) groups excluding carboxylic acids is 1. The van der Waals surface area contributed by atoms with Gasteiger partial charge in [-0.05, 0) is 86.4 Å². The van der Waals surface area contributed by atoms with Gasteiger partial charge in [0.15, 0.2) is 0 Å². The van der Waals surface area contributed by atoms with E-state index in [1.165, 1.54) is 18.2 Å². The van der Waals surface area contributed by atoms with Crippen molar-refractivity contribution in [1.82, 2.24) is 10.2 Å². The van der Waals surface area contributed by atoms with E-state index in [0.717, 1.165) is 43.3 Å². The molecule has 9 heteroatoms. The minimum Gasteiger partial charge on any atom is -0.497 e. The topological polar surface area (TPSA) is 87.7 Å². The molecular formula is C27H30FN3O4S. The van der Waals surface area contributed by atoms with E-state index in [1.807, 2.05) is 24.3 Å². The van der Waals surface area contributed by atoms with Crippen molar-refractivity contribution < 1.29 is 22.3 Å². The number of carbonyl (C=O) groups is 1. The Morgan fingerprint density at radius 1 is 1.06 bits per heavy atom. The molecule has 0 saturated carbocycles. The highest BCUT2D eigenvalue weighted by Crippen LogP contribution is 2.26. The lowest BCUT2D eigenvalue weighted by molar-refractivity contribution is 0.0938. The lowest BCUT2D eigenvalue weighted by atomic mass is 10.0. The Labute approximate surface area is 211 Å². The molecule has 1 heterocycles. The number of halogens is 1. The van der Waals surface area contributed by atoms with E-state index >= 15 is 0 Å². The summed E-state index contributed by atoms with van der Waals surface area (Å²) in [5, 5.41) is 3.00. The lowest BCUT2D eigenvalue weighted by Crippen LogP contribution is -2.36. The van der Waals surface area contributed by atoms with Gasteiger partial charge in [-0.3, -0.25) is 14.4 Å². The molecule has 0 aliphatic carbocycles. The molecule has 1 amide bonds. The maximum absolute atomic E-state index is 13.9. The number of amides is 1. The molecule has 0 bridgehead atoms. The molecule has 3 aromatic carbocycles. The number of methoxy groups -OCH3 is 1. The van der Waals surface area contributed by atoms with E-state index in [0.29, 0.717) is 17.7 Å². The number of hydrogen-bond acceptors (Lipinski definition) is 5. The molecule has 1 fully saturated rings. The third-order valence-electron chi connectivity index (χ3n) is 6.37. The van der Waals surface area contributed by atoms with Crippen LogP contribution in [0.1, 0.15) is 40.4 Å². The molecule has 3 aromatic rings. The number of nitrogens with one attached hydrogen (secondary N) is 2. The minimum absolute atomic E-state index is 0.0143. The van der Waals surface area contributed by atoms with Crippen molar-refractivity contribution in [2.45, 2.75) is 30.7 Å². The van der Waals surface area contributed by atoms with Crippen molar-refractivity contribution in [3.05, 3.63) is 89.2 Å². The number of ether oxygens (including phenoxy) is 1. The van der Waals surface area contributed by atoms with Crippen LogP contribution in [0.2, 0.25) is 0 Å². The molecule has 0 unspecified atom stereocenters. The number of sulfonamides is 1. The van der Waals surface area contributed by atoms with Gasteiger partial charge in [0.25, 0.3) is 15.9 Å². The summed E-state index contributed by atoms with van der Waals surface area (Å²) in [5.41, 5.74) is 1.98. The Morgan fingerprint density at radius 2 is 1.78 bits per heavy atom. The molecule has 0 aromatic heterocycles. The smallest absolute Gasteiger partial charge is 0.261 e. The average molecular weight is 512 g/mol. The van der Waals surface area contributed by atoms with E-state index < -0.39 is 15.8 Å². The normalized spacial score (nSPS) is 14.9. The molecule has 190 valence electrons. The Hall–Kier alpha value is -3.43. The molecule has 1 aliphatic rings. The first-order valence-corrected chi connectivity index (χ1v) is 13.3. The standard InChI is InChI=1S/C27H30FN3O4S/c1-19-8-13-24(17-25(19)28)36(33,34)30-22-7-5-6-21(16-22)27(32)29-18-26(31-14-3-4-15-31)20-9-11-23(35-2)12-10-20/h5-13,16-17,26,30H,3-4,14-15,18H2,1-2H3,(H,29,32)/t26-/m1/s1. The zero-order valence-corrected chi connectivity index (χ0v) is 21.1. The van der Waals surface area contributed by atoms with Gasteiger partial charge in [-0.1, -0.05) is 24.3 Å². The maximum atomic E-state index is 13.9. The Bertz CT molecular complexity index is 1320. The highest BCUT2D eigenvalue weighted by molar-refractivity contribution is 7.92. The van der Waals surface area contributed by atoms with E-state index in [9.17, 15) is 17.6 Å². The Morgan fingerprint density at radius 3 is 2.44 bits per heavy atom. The zero-order chi connectivity index (χ0) is 25.7. The van der Waals surface area contributed by atoms with Crippen LogP contribution in [0.5, 0.6) is 5.75 Å². The fourth-order valence-electron chi connectivity index (χ4n) is 4.31. The molecule has 36 heavy (non-hydrogen) atoms. The summed E-state index contributed by atoms with van der Waals surface area (Å²) in [6, 6.07) is 17.8. The molecule has 1 aliphatic heterocycles. The van der Waals surface area contributed by atoms with E-state index in [4.69, 9.17) is 4.74 Å². The highest BCUT2D eigenvalue weighted by atomic mass is 32.2. The number of aryl methyl sites for hydroxylation is 1. The zero-order valence-electron chi connectivity index (χ0n) is 20.3. The third kappa shape index (κ3) is 6.03. The van der Waals surface area contributed by atoms with Crippen molar-refractivity contribution in [3.8, 4) is 5.75 Å². The number of likely N-dealkylation sites (tertiary alicyclic amines) is 1. The van der Waals surface area contributed by atoms with Gasteiger partial charge in [-0.25, -0.2) is 12.8 Å².